The minimum absolute atomic E-state index is 0. The molecule has 2 atom stereocenters. The summed E-state index contributed by atoms with van der Waals surface area (Å²) in [6.07, 6.45) is 23.2. The smallest absolute Gasteiger partial charge is 0.748 e. The van der Waals surface area contributed by atoms with E-state index in [-0.39, 0.29) is 57.5 Å². The van der Waals surface area contributed by atoms with E-state index >= 15 is 0 Å². The van der Waals surface area contributed by atoms with Crippen LogP contribution < -0.4 is 51.4 Å². The molecule has 0 heterocycles. The Morgan fingerprint density at radius 2 is 0.933 bits per heavy atom. The molecule has 0 aromatic heterocycles. The van der Waals surface area contributed by atoms with Gasteiger partial charge < -0.3 is 9.66 Å². The van der Waals surface area contributed by atoms with Crippen molar-refractivity contribution in [3.8, 4) is 0 Å². The average molecular weight is 473 g/mol. The van der Waals surface area contributed by atoms with Gasteiger partial charge in [-0.3, -0.25) is 0 Å². The largest absolute Gasteiger partial charge is 1.00 e. The molecule has 0 bridgehead atoms. The zero-order valence-corrected chi connectivity index (χ0v) is 24.3. The molecule has 1 N–H and O–H groups in total. The Morgan fingerprint density at radius 1 is 0.633 bits per heavy atom. The number of hydrogen-bond acceptors (Lipinski definition) is 4. The number of rotatable bonds is 22. The van der Waals surface area contributed by atoms with Gasteiger partial charge in [-0.1, -0.05) is 116 Å². The van der Waals surface area contributed by atoms with Crippen molar-refractivity contribution in [3.05, 3.63) is 0 Å². The summed E-state index contributed by atoms with van der Waals surface area (Å²) in [5.74, 6) is 0. The molecule has 0 amide bonds. The zero-order valence-electron chi connectivity index (χ0n) is 20.4. The third-order valence-corrected chi connectivity index (χ3v) is 7.25. The Labute approximate surface area is 230 Å². The van der Waals surface area contributed by atoms with Crippen molar-refractivity contribution in [2.45, 2.75) is 154 Å². The molecule has 0 aliphatic carbocycles. The quantitative estimate of drug-likeness (QED) is 0.146. The molecule has 4 nitrogen and oxygen atoms in total. The summed E-state index contributed by atoms with van der Waals surface area (Å²) in [5, 5.41) is 9.32. The summed E-state index contributed by atoms with van der Waals surface area (Å²) >= 11 is 0. The van der Waals surface area contributed by atoms with Crippen LogP contribution in [-0.4, -0.2) is 29.4 Å². The van der Waals surface area contributed by atoms with Crippen molar-refractivity contribution in [3.63, 3.8) is 0 Å². The summed E-state index contributed by atoms with van der Waals surface area (Å²) < 4.78 is 32.4. The second-order valence-electron chi connectivity index (χ2n) is 8.98. The van der Waals surface area contributed by atoms with Crippen molar-refractivity contribution >= 4 is 10.1 Å². The fourth-order valence-corrected chi connectivity index (χ4v) is 4.31. The van der Waals surface area contributed by atoms with Crippen molar-refractivity contribution in [1.82, 2.24) is 0 Å². The molecule has 0 aromatic carbocycles. The third kappa shape index (κ3) is 24.2. The van der Waals surface area contributed by atoms with Crippen LogP contribution in [0.2, 0.25) is 0 Å². The van der Waals surface area contributed by atoms with Crippen molar-refractivity contribution in [2.24, 2.45) is 0 Å². The van der Waals surface area contributed by atoms with Crippen LogP contribution in [0.3, 0.4) is 0 Å². The van der Waals surface area contributed by atoms with E-state index in [9.17, 15) is 18.1 Å². The first-order chi connectivity index (χ1) is 13.9. The van der Waals surface area contributed by atoms with Gasteiger partial charge in [0.1, 0.15) is 0 Å². The van der Waals surface area contributed by atoms with Crippen LogP contribution >= 0.6 is 0 Å². The molecule has 2 unspecified atom stereocenters. The van der Waals surface area contributed by atoms with Crippen LogP contribution in [0.4, 0.5) is 0 Å². The minimum Gasteiger partial charge on any atom is -0.748 e. The van der Waals surface area contributed by atoms with Crippen molar-refractivity contribution in [1.29, 1.82) is 0 Å². The standard InChI is InChI=1S/C24H50O4S.K/c1-3-4-5-6-11-15-18-21-24(25)22-19-16-13-10-8-7-9-12-14-17-20-23(2)29(26,27)28;/h23-25H,3-22H2,1-2H3,(H,26,27,28);/q;+1/p-1. The molecule has 0 saturated heterocycles. The predicted molar refractivity (Wildman–Crippen MR) is 123 cm³/mol. The Bertz CT molecular complexity index is 442. The van der Waals surface area contributed by atoms with E-state index in [2.05, 4.69) is 6.92 Å². The molecule has 0 aliphatic rings. The normalized spacial score (nSPS) is 13.7. The van der Waals surface area contributed by atoms with E-state index in [1.165, 1.54) is 90.4 Å². The van der Waals surface area contributed by atoms with Crippen LogP contribution in [0.5, 0.6) is 0 Å². The van der Waals surface area contributed by atoms with Gasteiger partial charge in [0.2, 0.25) is 0 Å². The van der Waals surface area contributed by atoms with Gasteiger partial charge in [0, 0.05) is 5.25 Å². The van der Waals surface area contributed by atoms with Gasteiger partial charge in [0.15, 0.2) is 0 Å². The van der Waals surface area contributed by atoms with Crippen molar-refractivity contribution < 1.29 is 69.5 Å². The van der Waals surface area contributed by atoms with Crippen LogP contribution in [-0.2, 0) is 10.1 Å². The summed E-state index contributed by atoms with van der Waals surface area (Å²) in [7, 11) is -4.10. The number of aliphatic hydroxyl groups excluding tert-OH is 1. The van der Waals surface area contributed by atoms with E-state index in [0.717, 1.165) is 38.5 Å². The SMILES string of the molecule is CCCCCCCCCC(O)CCCCCCCCCCCCC(C)S(=O)(=O)[O-].[K+]. The Balaban J connectivity index is 0. The van der Waals surface area contributed by atoms with Gasteiger partial charge in [-0.2, -0.15) is 0 Å². The first-order valence-corrected chi connectivity index (χ1v) is 14.0. The van der Waals surface area contributed by atoms with E-state index < -0.39 is 15.4 Å². The van der Waals surface area contributed by atoms with E-state index in [1.807, 2.05) is 0 Å². The van der Waals surface area contributed by atoms with Crippen LogP contribution in [0.1, 0.15) is 142 Å². The van der Waals surface area contributed by atoms with Gasteiger partial charge in [0.25, 0.3) is 0 Å². The average Bonchev–Trinajstić information content (AvgIpc) is 2.67. The fraction of sp³-hybridized carbons (Fsp3) is 1.00. The maximum Gasteiger partial charge on any atom is 1.00 e. The molecule has 0 spiro atoms. The second-order valence-corrected chi connectivity index (χ2v) is 10.8. The van der Waals surface area contributed by atoms with Crippen molar-refractivity contribution in [2.75, 3.05) is 0 Å². The van der Waals surface area contributed by atoms with E-state index in [1.54, 1.807) is 0 Å². The summed E-state index contributed by atoms with van der Waals surface area (Å²) in [5.41, 5.74) is 0. The van der Waals surface area contributed by atoms with Crippen LogP contribution in [0, 0.1) is 0 Å². The predicted octanol–water partition coefficient (Wildman–Crippen LogP) is 4.11. The number of aliphatic hydroxyl groups is 1. The Morgan fingerprint density at radius 3 is 1.27 bits per heavy atom. The van der Waals surface area contributed by atoms with Crippen LogP contribution in [0.15, 0.2) is 0 Å². The number of hydrogen-bond donors (Lipinski definition) is 1. The van der Waals surface area contributed by atoms with Gasteiger partial charge in [-0.25, -0.2) is 8.42 Å². The Kier molecular flexibility index (Phi) is 26.6. The van der Waals surface area contributed by atoms with Gasteiger partial charge >= 0.3 is 51.4 Å². The first kappa shape index (κ1) is 33.7. The van der Waals surface area contributed by atoms with Crippen LogP contribution in [0.25, 0.3) is 0 Å². The summed E-state index contributed by atoms with van der Waals surface area (Å²) in [6.45, 7) is 3.76. The zero-order chi connectivity index (χ0) is 21.8. The third-order valence-electron chi connectivity index (χ3n) is 6.03. The molecule has 30 heavy (non-hydrogen) atoms. The first-order valence-electron chi connectivity index (χ1n) is 12.5. The molecule has 0 rings (SSSR count). The maximum atomic E-state index is 10.8. The molecule has 0 radical (unpaired) electrons. The second kappa shape index (κ2) is 23.7. The topological polar surface area (TPSA) is 77.4 Å². The molecule has 0 saturated carbocycles. The maximum absolute atomic E-state index is 10.8. The minimum atomic E-state index is -4.10. The molecule has 6 heteroatoms. The summed E-state index contributed by atoms with van der Waals surface area (Å²) in [6, 6.07) is 0. The summed E-state index contributed by atoms with van der Waals surface area (Å²) in [4.78, 5) is 0. The fourth-order valence-electron chi connectivity index (χ4n) is 3.85. The molecule has 0 fully saturated rings. The monoisotopic (exact) mass is 472 g/mol. The van der Waals surface area contributed by atoms with Gasteiger partial charge in [0.05, 0.1) is 16.2 Å². The van der Waals surface area contributed by atoms with Gasteiger partial charge in [-0.15, -0.1) is 0 Å². The Hall–Kier alpha value is 1.51. The molecule has 0 aliphatic heterocycles. The van der Waals surface area contributed by atoms with E-state index in [4.69, 9.17) is 0 Å². The molecular formula is C24H49KO4S. The molecular weight excluding hydrogens is 423 g/mol. The van der Waals surface area contributed by atoms with Gasteiger partial charge in [-0.05, 0) is 26.2 Å². The molecule has 0 aromatic rings. The molecule has 176 valence electrons. The van der Waals surface area contributed by atoms with E-state index in [0.29, 0.717) is 6.42 Å². The number of unbranched alkanes of at least 4 members (excludes halogenated alkanes) is 15.